The van der Waals surface area contributed by atoms with Crippen LogP contribution in [0.1, 0.15) is 36.6 Å². The molecule has 0 bridgehead atoms. The van der Waals surface area contributed by atoms with E-state index in [1.165, 1.54) is 12.0 Å². The summed E-state index contributed by atoms with van der Waals surface area (Å²) in [7, 11) is 3.07. The first-order valence-electron chi connectivity index (χ1n) is 9.59. The Morgan fingerprint density at radius 2 is 1.45 bits per heavy atom. The van der Waals surface area contributed by atoms with Crippen LogP contribution in [0.15, 0.2) is 66.7 Å². The molecule has 7 heteroatoms. The summed E-state index contributed by atoms with van der Waals surface area (Å²) in [5.41, 5.74) is 2.59. The summed E-state index contributed by atoms with van der Waals surface area (Å²) >= 11 is 0. The molecule has 3 aromatic carbocycles. The first kappa shape index (κ1) is 20.2. The standard InChI is InChI=1S/C24H20N2O5/c1-30-20-12-11-17(13-21(20)31-2)25-22(27)16-9-7-15(8-10-16)14-26-23(28)18-5-3-4-6-19(18)24(26)29/h3-13H,14H2,1-2H3,(H,25,27). The lowest BCUT2D eigenvalue weighted by atomic mass is 10.1. The molecule has 31 heavy (non-hydrogen) atoms. The van der Waals surface area contributed by atoms with Gasteiger partial charge in [0, 0.05) is 17.3 Å². The van der Waals surface area contributed by atoms with Crippen LogP contribution in [-0.2, 0) is 6.54 Å². The van der Waals surface area contributed by atoms with Crippen LogP contribution >= 0.6 is 0 Å². The van der Waals surface area contributed by atoms with Gasteiger partial charge >= 0.3 is 0 Å². The molecule has 0 spiro atoms. The van der Waals surface area contributed by atoms with Crippen molar-refractivity contribution in [3.05, 3.63) is 89.0 Å². The summed E-state index contributed by atoms with van der Waals surface area (Å²) < 4.78 is 10.4. The topological polar surface area (TPSA) is 84.9 Å². The van der Waals surface area contributed by atoms with Crippen LogP contribution in [0.4, 0.5) is 5.69 Å². The van der Waals surface area contributed by atoms with Gasteiger partial charge in [0.2, 0.25) is 0 Å². The van der Waals surface area contributed by atoms with Crippen molar-refractivity contribution in [1.29, 1.82) is 0 Å². The molecule has 1 N–H and O–H groups in total. The first-order chi connectivity index (χ1) is 15.0. The molecular formula is C24H20N2O5. The minimum atomic E-state index is -0.309. The second-order valence-electron chi connectivity index (χ2n) is 6.96. The third-order valence-corrected chi connectivity index (χ3v) is 5.08. The molecule has 3 amide bonds. The average Bonchev–Trinajstić information content (AvgIpc) is 3.04. The van der Waals surface area contributed by atoms with Gasteiger partial charge in [-0.2, -0.15) is 0 Å². The molecule has 3 aromatic rings. The fourth-order valence-corrected chi connectivity index (χ4v) is 3.44. The third-order valence-electron chi connectivity index (χ3n) is 5.08. The zero-order valence-electron chi connectivity index (χ0n) is 17.0. The number of anilines is 1. The normalized spacial score (nSPS) is 12.5. The molecule has 0 aromatic heterocycles. The highest BCUT2D eigenvalue weighted by Crippen LogP contribution is 2.30. The summed E-state index contributed by atoms with van der Waals surface area (Å²) in [5.74, 6) is 0.167. The Morgan fingerprint density at radius 3 is 2.03 bits per heavy atom. The summed E-state index contributed by atoms with van der Waals surface area (Å²) in [6, 6.07) is 18.6. The highest BCUT2D eigenvalue weighted by atomic mass is 16.5. The third kappa shape index (κ3) is 3.85. The number of carbonyl (C=O) groups is 3. The molecule has 0 fully saturated rings. The van der Waals surface area contributed by atoms with Crippen molar-refractivity contribution in [2.45, 2.75) is 6.54 Å². The van der Waals surface area contributed by atoms with Gasteiger partial charge in [0.15, 0.2) is 11.5 Å². The number of ether oxygens (including phenoxy) is 2. The number of amides is 3. The summed E-state index contributed by atoms with van der Waals surface area (Å²) in [6.45, 7) is 0.143. The van der Waals surface area contributed by atoms with E-state index in [1.54, 1.807) is 73.8 Å². The number of hydrogen-bond donors (Lipinski definition) is 1. The molecule has 0 atom stereocenters. The Bertz CT molecular complexity index is 1140. The number of hydrogen-bond acceptors (Lipinski definition) is 5. The van der Waals surface area contributed by atoms with E-state index in [-0.39, 0.29) is 24.3 Å². The highest BCUT2D eigenvalue weighted by Gasteiger charge is 2.34. The molecular weight excluding hydrogens is 396 g/mol. The lowest BCUT2D eigenvalue weighted by Crippen LogP contribution is -2.29. The summed E-state index contributed by atoms with van der Waals surface area (Å²) in [6.07, 6.45) is 0. The van der Waals surface area contributed by atoms with Crippen molar-refractivity contribution in [3.63, 3.8) is 0 Å². The zero-order chi connectivity index (χ0) is 22.0. The smallest absolute Gasteiger partial charge is 0.261 e. The van der Waals surface area contributed by atoms with Crippen molar-refractivity contribution >= 4 is 23.4 Å². The summed E-state index contributed by atoms with van der Waals surface area (Å²) in [4.78, 5) is 38.8. The van der Waals surface area contributed by atoms with Gasteiger partial charge in [-0.25, -0.2) is 0 Å². The quantitative estimate of drug-likeness (QED) is 0.619. The maximum absolute atomic E-state index is 12.6. The van der Waals surface area contributed by atoms with Crippen LogP contribution < -0.4 is 14.8 Å². The minimum Gasteiger partial charge on any atom is -0.493 e. The fourth-order valence-electron chi connectivity index (χ4n) is 3.44. The SMILES string of the molecule is COc1ccc(NC(=O)c2ccc(CN3C(=O)c4ccccc4C3=O)cc2)cc1OC. The van der Waals surface area contributed by atoms with E-state index in [1.807, 2.05) is 0 Å². The van der Waals surface area contributed by atoms with Crippen LogP contribution in [0.5, 0.6) is 11.5 Å². The lowest BCUT2D eigenvalue weighted by Gasteiger charge is -2.14. The lowest BCUT2D eigenvalue weighted by molar-refractivity contribution is 0.0642. The first-order valence-corrected chi connectivity index (χ1v) is 9.59. The molecule has 0 aliphatic carbocycles. The number of fused-ring (bicyclic) bond motifs is 1. The molecule has 7 nitrogen and oxygen atoms in total. The molecule has 0 saturated heterocycles. The van der Waals surface area contributed by atoms with Gasteiger partial charge in [0.25, 0.3) is 17.7 Å². The average molecular weight is 416 g/mol. The second kappa shape index (κ2) is 8.31. The van der Waals surface area contributed by atoms with Crippen LogP contribution in [0.3, 0.4) is 0 Å². The van der Waals surface area contributed by atoms with E-state index in [4.69, 9.17) is 9.47 Å². The molecule has 156 valence electrons. The van der Waals surface area contributed by atoms with Crippen molar-refractivity contribution < 1.29 is 23.9 Å². The van der Waals surface area contributed by atoms with E-state index in [2.05, 4.69) is 5.32 Å². The van der Waals surface area contributed by atoms with Crippen molar-refractivity contribution in [1.82, 2.24) is 4.90 Å². The van der Waals surface area contributed by atoms with Crippen LogP contribution in [0.25, 0.3) is 0 Å². The van der Waals surface area contributed by atoms with Gasteiger partial charge in [-0.1, -0.05) is 24.3 Å². The minimum absolute atomic E-state index is 0.143. The van der Waals surface area contributed by atoms with Gasteiger partial charge in [-0.3, -0.25) is 19.3 Å². The number of rotatable bonds is 6. The molecule has 0 unspecified atom stereocenters. The Balaban J connectivity index is 1.45. The maximum atomic E-state index is 12.6. The van der Waals surface area contributed by atoms with E-state index >= 15 is 0 Å². The maximum Gasteiger partial charge on any atom is 0.261 e. The van der Waals surface area contributed by atoms with E-state index < -0.39 is 0 Å². The van der Waals surface area contributed by atoms with Crippen molar-refractivity contribution in [2.75, 3.05) is 19.5 Å². The number of carbonyl (C=O) groups excluding carboxylic acids is 3. The van der Waals surface area contributed by atoms with E-state index in [0.29, 0.717) is 33.9 Å². The van der Waals surface area contributed by atoms with E-state index in [0.717, 1.165) is 5.56 Å². The Labute approximate surface area is 179 Å². The highest BCUT2D eigenvalue weighted by molar-refractivity contribution is 6.21. The van der Waals surface area contributed by atoms with Gasteiger partial charge < -0.3 is 14.8 Å². The number of benzene rings is 3. The number of imide groups is 1. The van der Waals surface area contributed by atoms with Crippen molar-refractivity contribution in [3.8, 4) is 11.5 Å². The van der Waals surface area contributed by atoms with E-state index in [9.17, 15) is 14.4 Å². The molecule has 1 aliphatic heterocycles. The molecule has 1 heterocycles. The van der Waals surface area contributed by atoms with Gasteiger partial charge in [-0.05, 0) is 42.0 Å². The van der Waals surface area contributed by atoms with Crippen LogP contribution in [-0.4, -0.2) is 36.8 Å². The zero-order valence-corrected chi connectivity index (χ0v) is 17.0. The Morgan fingerprint density at radius 1 is 0.839 bits per heavy atom. The second-order valence-corrected chi connectivity index (χ2v) is 6.96. The Kier molecular flexibility index (Phi) is 5.41. The fraction of sp³-hybridized carbons (Fsp3) is 0.125. The monoisotopic (exact) mass is 416 g/mol. The van der Waals surface area contributed by atoms with Gasteiger partial charge in [0.05, 0.1) is 31.9 Å². The van der Waals surface area contributed by atoms with Crippen LogP contribution in [0, 0.1) is 0 Å². The van der Waals surface area contributed by atoms with Gasteiger partial charge in [0.1, 0.15) is 0 Å². The predicted octanol–water partition coefficient (Wildman–Crippen LogP) is 3.75. The van der Waals surface area contributed by atoms with Crippen LogP contribution in [0.2, 0.25) is 0 Å². The molecule has 1 aliphatic rings. The number of nitrogens with zero attached hydrogens (tertiary/aromatic N) is 1. The molecule has 0 radical (unpaired) electrons. The summed E-state index contributed by atoms with van der Waals surface area (Å²) in [5, 5.41) is 2.81. The number of methoxy groups -OCH3 is 2. The largest absolute Gasteiger partial charge is 0.493 e. The predicted molar refractivity (Wildman–Crippen MR) is 115 cm³/mol. The Hall–Kier alpha value is -4.13. The molecule has 4 rings (SSSR count). The number of nitrogens with one attached hydrogen (secondary N) is 1. The molecule has 0 saturated carbocycles. The van der Waals surface area contributed by atoms with Gasteiger partial charge in [-0.15, -0.1) is 0 Å². The van der Waals surface area contributed by atoms with Crippen molar-refractivity contribution in [2.24, 2.45) is 0 Å².